The van der Waals surface area contributed by atoms with Crippen molar-refractivity contribution in [1.29, 1.82) is 0 Å². The Labute approximate surface area is 281 Å². The lowest BCUT2D eigenvalue weighted by Gasteiger charge is -2.57. The van der Waals surface area contributed by atoms with Crippen LogP contribution in [0, 0.1) is 30.9 Å². The quantitative estimate of drug-likeness (QED) is 0.180. The van der Waals surface area contributed by atoms with Crippen LogP contribution in [0.2, 0.25) is 0 Å². The highest BCUT2D eigenvalue weighted by atomic mass is 15.0. The number of aromatic nitrogens is 3. The summed E-state index contributed by atoms with van der Waals surface area (Å²) in [5, 5.41) is 2.62. The minimum absolute atomic E-state index is 0.305. The summed E-state index contributed by atoms with van der Waals surface area (Å²) >= 11 is 0. The minimum atomic E-state index is 0.305. The van der Waals surface area contributed by atoms with E-state index in [1.54, 1.807) is 12.1 Å². The summed E-state index contributed by atoms with van der Waals surface area (Å²) in [7, 11) is 0. The van der Waals surface area contributed by atoms with Crippen LogP contribution >= 0.6 is 0 Å². The lowest BCUT2D eigenvalue weighted by molar-refractivity contribution is -0.00449. The van der Waals surface area contributed by atoms with Crippen LogP contribution in [-0.2, 0) is 5.41 Å². The van der Waals surface area contributed by atoms with Gasteiger partial charge in [0.05, 0.1) is 13.1 Å². The normalized spacial score (nSPS) is 22.3. The van der Waals surface area contributed by atoms with Crippen molar-refractivity contribution in [1.82, 2.24) is 15.0 Å². The van der Waals surface area contributed by atoms with Gasteiger partial charge in [-0.15, -0.1) is 0 Å². The average Bonchev–Trinajstić information content (AvgIpc) is 3.13. The van der Waals surface area contributed by atoms with E-state index >= 15 is 0 Å². The molecule has 4 fully saturated rings. The fourth-order valence-corrected chi connectivity index (χ4v) is 9.49. The number of rotatable bonds is 5. The standard InChI is InChI=1S/C43H33N5/c1-44-33-12-8-11-32(22-33)41-46-40(30-9-4-3-5-10-30)47-42(48-41)37-16-15-31(23-39(37)45-2)34-17-18-38(36-14-7-6-13-35(34)36)43-24-27-19-28(25-43)21-29(20-27)26-43/h3-18,22-23,27-29H,19-21,24-26H2. The van der Waals surface area contributed by atoms with Crippen LogP contribution in [0.25, 0.3) is 65.8 Å². The molecule has 6 aromatic rings. The zero-order valence-electron chi connectivity index (χ0n) is 26.6. The number of hydrogen-bond donors (Lipinski definition) is 0. The molecule has 0 N–H and O–H groups in total. The SMILES string of the molecule is [C-]#[N+]c1cccc(-c2nc(-c3ccccc3)nc(-c3ccc(-c4ccc(C56CC7CC(CC(C7)C5)C6)c5ccccc45)cc3[N+]#[C-])n2)c1. The second-order valence-electron chi connectivity index (χ2n) is 14.1. The molecule has 10 rings (SSSR count). The van der Waals surface area contributed by atoms with E-state index in [1.807, 2.05) is 54.6 Å². The second-order valence-corrected chi connectivity index (χ2v) is 14.1. The maximum Gasteiger partial charge on any atom is 0.198 e. The van der Waals surface area contributed by atoms with E-state index < -0.39 is 0 Å². The molecule has 0 unspecified atom stereocenters. The zero-order valence-corrected chi connectivity index (χ0v) is 26.6. The van der Waals surface area contributed by atoms with Gasteiger partial charge in [-0.1, -0.05) is 97.1 Å². The highest BCUT2D eigenvalue weighted by Gasteiger charge is 2.52. The van der Waals surface area contributed by atoms with Gasteiger partial charge in [0, 0.05) is 16.7 Å². The molecular formula is C43H33N5. The van der Waals surface area contributed by atoms with E-state index in [2.05, 4.69) is 52.2 Å². The highest BCUT2D eigenvalue weighted by Crippen LogP contribution is 2.61. The lowest BCUT2D eigenvalue weighted by atomic mass is 9.47. The molecule has 0 aliphatic heterocycles. The molecule has 1 aromatic heterocycles. The molecule has 230 valence electrons. The van der Waals surface area contributed by atoms with Crippen molar-refractivity contribution in [3.63, 3.8) is 0 Å². The molecule has 0 amide bonds. The number of nitrogens with zero attached hydrogens (tertiary/aromatic N) is 5. The molecule has 4 bridgehead atoms. The van der Waals surface area contributed by atoms with Crippen molar-refractivity contribution < 1.29 is 0 Å². The number of hydrogen-bond acceptors (Lipinski definition) is 3. The van der Waals surface area contributed by atoms with Gasteiger partial charge in [-0.25, -0.2) is 24.6 Å². The largest absolute Gasteiger partial charge is 0.238 e. The van der Waals surface area contributed by atoms with Crippen LogP contribution in [-0.4, -0.2) is 15.0 Å². The van der Waals surface area contributed by atoms with Crippen LogP contribution in [0.5, 0.6) is 0 Å². The zero-order chi connectivity index (χ0) is 32.2. The van der Waals surface area contributed by atoms with Gasteiger partial charge < -0.3 is 0 Å². The Balaban J connectivity index is 1.15. The van der Waals surface area contributed by atoms with Gasteiger partial charge in [-0.3, -0.25) is 0 Å². The predicted molar refractivity (Wildman–Crippen MR) is 191 cm³/mol. The first-order chi connectivity index (χ1) is 23.6. The third kappa shape index (κ3) is 4.78. The predicted octanol–water partition coefficient (Wildman–Crippen LogP) is 11.3. The Hall–Kier alpha value is -5.65. The van der Waals surface area contributed by atoms with Crippen molar-refractivity contribution >= 4 is 22.1 Å². The third-order valence-corrected chi connectivity index (χ3v) is 11.1. The van der Waals surface area contributed by atoms with E-state index in [9.17, 15) is 0 Å². The first kappa shape index (κ1) is 28.6. The van der Waals surface area contributed by atoms with E-state index in [-0.39, 0.29) is 0 Å². The molecule has 1 heterocycles. The Morgan fingerprint density at radius 3 is 1.85 bits per heavy atom. The Morgan fingerprint density at radius 1 is 0.521 bits per heavy atom. The maximum atomic E-state index is 8.23. The molecule has 5 nitrogen and oxygen atoms in total. The Bertz CT molecular complexity index is 2270. The Morgan fingerprint density at radius 2 is 1.15 bits per heavy atom. The fraction of sp³-hybridized carbons (Fsp3) is 0.233. The summed E-state index contributed by atoms with van der Waals surface area (Å²) in [5.74, 6) is 4.09. The van der Waals surface area contributed by atoms with E-state index in [0.717, 1.165) is 40.0 Å². The molecular weight excluding hydrogens is 587 g/mol. The third-order valence-electron chi connectivity index (χ3n) is 11.1. The minimum Gasteiger partial charge on any atom is -0.238 e. The first-order valence-electron chi connectivity index (χ1n) is 16.9. The van der Waals surface area contributed by atoms with Gasteiger partial charge in [0.1, 0.15) is 0 Å². The summed E-state index contributed by atoms with van der Waals surface area (Å²) in [6, 6.07) is 36.8. The van der Waals surface area contributed by atoms with Gasteiger partial charge in [-0.2, -0.15) is 0 Å². The van der Waals surface area contributed by atoms with Gasteiger partial charge in [-0.05, 0) is 101 Å². The first-order valence-corrected chi connectivity index (χ1v) is 16.9. The van der Waals surface area contributed by atoms with Crippen LogP contribution in [0.3, 0.4) is 0 Å². The fourth-order valence-electron chi connectivity index (χ4n) is 9.49. The average molecular weight is 620 g/mol. The molecule has 4 aliphatic carbocycles. The van der Waals surface area contributed by atoms with Crippen molar-refractivity contribution in [2.45, 2.75) is 43.9 Å². The van der Waals surface area contributed by atoms with Crippen molar-refractivity contribution in [3.05, 3.63) is 138 Å². The van der Waals surface area contributed by atoms with E-state index in [1.165, 1.54) is 54.9 Å². The molecule has 5 heteroatoms. The molecule has 4 aliphatic rings. The summed E-state index contributed by atoms with van der Waals surface area (Å²) in [5.41, 5.74) is 7.26. The second kappa shape index (κ2) is 11.3. The monoisotopic (exact) mass is 619 g/mol. The van der Waals surface area contributed by atoms with Gasteiger partial charge >= 0.3 is 0 Å². The van der Waals surface area contributed by atoms with Crippen molar-refractivity contribution in [3.8, 4) is 45.3 Å². The van der Waals surface area contributed by atoms with Crippen LogP contribution in [0.1, 0.15) is 44.1 Å². The molecule has 0 spiro atoms. The van der Waals surface area contributed by atoms with Crippen molar-refractivity contribution in [2.75, 3.05) is 0 Å². The van der Waals surface area contributed by atoms with E-state index in [4.69, 9.17) is 28.1 Å². The molecule has 4 saturated carbocycles. The van der Waals surface area contributed by atoms with Crippen LogP contribution in [0.4, 0.5) is 11.4 Å². The molecule has 0 radical (unpaired) electrons. The topological polar surface area (TPSA) is 47.4 Å². The smallest absolute Gasteiger partial charge is 0.198 e. The summed E-state index contributed by atoms with van der Waals surface area (Å²) in [4.78, 5) is 22.1. The van der Waals surface area contributed by atoms with Crippen molar-refractivity contribution in [2.24, 2.45) is 17.8 Å². The van der Waals surface area contributed by atoms with Gasteiger partial charge in [0.15, 0.2) is 28.8 Å². The maximum absolute atomic E-state index is 8.23. The molecule has 48 heavy (non-hydrogen) atoms. The lowest BCUT2D eigenvalue weighted by Crippen LogP contribution is -2.48. The van der Waals surface area contributed by atoms with Gasteiger partial charge in [0.2, 0.25) is 0 Å². The number of fused-ring (bicyclic) bond motifs is 1. The molecule has 5 aromatic carbocycles. The summed E-state index contributed by atoms with van der Waals surface area (Å²) in [6.07, 6.45) is 8.30. The number of benzene rings is 5. The Kier molecular flexibility index (Phi) is 6.70. The summed E-state index contributed by atoms with van der Waals surface area (Å²) < 4.78 is 0. The van der Waals surface area contributed by atoms with Crippen LogP contribution < -0.4 is 0 Å². The van der Waals surface area contributed by atoms with Crippen LogP contribution in [0.15, 0.2) is 109 Å². The molecule has 0 saturated heterocycles. The van der Waals surface area contributed by atoms with E-state index in [0.29, 0.717) is 39.8 Å². The molecule has 0 atom stereocenters. The van der Waals surface area contributed by atoms with Gasteiger partial charge in [0.25, 0.3) is 0 Å². The summed E-state index contributed by atoms with van der Waals surface area (Å²) in [6.45, 7) is 15.7. The highest BCUT2D eigenvalue weighted by molar-refractivity contribution is 6.00.